The third-order valence-electron chi connectivity index (χ3n) is 2.47. The first-order valence-corrected chi connectivity index (χ1v) is 4.22. The van der Waals surface area contributed by atoms with Gasteiger partial charge in [0.25, 0.3) is 0 Å². The van der Waals surface area contributed by atoms with Crippen LogP contribution in [0.25, 0.3) is 0 Å². The number of carbonyl (C=O) groups excluding carboxylic acids is 1. The quantitative estimate of drug-likeness (QED) is 0.585. The summed E-state index contributed by atoms with van der Waals surface area (Å²) in [6.07, 6.45) is 6.17. The number of hydrogen-bond acceptors (Lipinski definition) is 2. The van der Waals surface area contributed by atoms with Gasteiger partial charge in [0.1, 0.15) is 0 Å². The van der Waals surface area contributed by atoms with Crippen molar-refractivity contribution in [3.05, 3.63) is 23.4 Å². The first-order chi connectivity index (χ1) is 5.79. The van der Waals surface area contributed by atoms with Crippen molar-refractivity contribution in [3.8, 4) is 0 Å². The van der Waals surface area contributed by atoms with Crippen molar-refractivity contribution < 1.29 is 4.79 Å². The lowest BCUT2D eigenvalue weighted by atomic mass is 9.93. The molecule has 1 amide bonds. The molecule has 0 radical (unpaired) electrons. The second-order valence-electron chi connectivity index (χ2n) is 3.22. The van der Waals surface area contributed by atoms with Crippen molar-refractivity contribution in [2.45, 2.75) is 12.8 Å². The normalized spacial score (nSPS) is 26.8. The van der Waals surface area contributed by atoms with Crippen LogP contribution in [0.2, 0.25) is 0 Å². The largest absolute Gasteiger partial charge is 0.384 e. The van der Waals surface area contributed by atoms with E-state index in [1.807, 2.05) is 6.08 Å². The fourth-order valence-corrected chi connectivity index (χ4v) is 1.82. The second kappa shape index (κ2) is 2.66. The van der Waals surface area contributed by atoms with Crippen LogP contribution in [0.3, 0.4) is 0 Å². The minimum absolute atomic E-state index is 0.0649. The van der Waals surface area contributed by atoms with Gasteiger partial charge in [-0.05, 0) is 24.5 Å². The van der Waals surface area contributed by atoms with Crippen molar-refractivity contribution in [3.63, 3.8) is 0 Å². The van der Waals surface area contributed by atoms with E-state index >= 15 is 0 Å². The summed E-state index contributed by atoms with van der Waals surface area (Å²) in [5.74, 6) is -0.271. The Hall–Kier alpha value is -1.25. The topological polar surface area (TPSA) is 55.1 Å². The maximum Gasteiger partial charge on any atom is 0.226 e. The highest BCUT2D eigenvalue weighted by Gasteiger charge is 2.28. The van der Waals surface area contributed by atoms with Crippen LogP contribution in [0.4, 0.5) is 0 Å². The summed E-state index contributed by atoms with van der Waals surface area (Å²) in [7, 11) is 0. The Balaban J connectivity index is 2.27. The SMILES string of the molecule is NC(=O)C1CNC2=C1CCC=C2. The number of hydrogen-bond donors (Lipinski definition) is 2. The van der Waals surface area contributed by atoms with Crippen LogP contribution in [0, 0.1) is 5.92 Å². The predicted octanol–water partition coefficient (Wildman–Crippen LogP) is 0.295. The maximum absolute atomic E-state index is 11.0. The van der Waals surface area contributed by atoms with Gasteiger partial charge in [0.2, 0.25) is 5.91 Å². The van der Waals surface area contributed by atoms with Crippen molar-refractivity contribution >= 4 is 5.91 Å². The molecule has 1 atom stereocenters. The van der Waals surface area contributed by atoms with Gasteiger partial charge in [0.05, 0.1) is 5.92 Å². The van der Waals surface area contributed by atoms with Gasteiger partial charge in [0, 0.05) is 12.2 Å². The number of carbonyl (C=O) groups is 1. The standard InChI is InChI=1S/C9H12N2O/c10-9(12)7-5-11-8-4-2-1-3-6(7)8/h2,4,7,11H,1,3,5H2,(H2,10,12). The molecule has 2 aliphatic rings. The minimum atomic E-state index is -0.206. The third kappa shape index (κ3) is 1.02. The van der Waals surface area contributed by atoms with Gasteiger partial charge >= 0.3 is 0 Å². The van der Waals surface area contributed by atoms with E-state index in [1.54, 1.807) is 0 Å². The molecule has 0 bridgehead atoms. The minimum Gasteiger partial charge on any atom is -0.384 e. The highest BCUT2D eigenvalue weighted by Crippen LogP contribution is 2.28. The van der Waals surface area contributed by atoms with Crippen molar-refractivity contribution in [1.29, 1.82) is 0 Å². The Labute approximate surface area is 71.3 Å². The predicted molar refractivity (Wildman–Crippen MR) is 46.1 cm³/mol. The molecule has 3 N–H and O–H groups in total. The fourth-order valence-electron chi connectivity index (χ4n) is 1.82. The van der Waals surface area contributed by atoms with Crippen molar-refractivity contribution in [1.82, 2.24) is 5.32 Å². The summed E-state index contributed by atoms with van der Waals surface area (Å²) in [6.45, 7) is 0.685. The molecule has 12 heavy (non-hydrogen) atoms. The molecule has 1 aliphatic carbocycles. The fraction of sp³-hybridized carbons (Fsp3) is 0.444. The highest BCUT2D eigenvalue weighted by atomic mass is 16.1. The van der Waals surface area contributed by atoms with Gasteiger partial charge in [-0.15, -0.1) is 0 Å². The lowest BCUT2D eigenvalue weighted by Crippen LogP contribution is -2.27. The number of nitrogens with one attached hydrogen (secondary N) is 1. The molecule has 0 saturated carbocycles. The van der Waals surface area contributed by atoms with Crippen molar-refractivity contribution in [2.75, 3.05) is 6.54 Å². The van der Waals surface area contributed by atoms with E-state index in [2.05, 4.69) is 11.4 Å². The molecule has 1 unspecified atom stereocenters. The molecular formula is C9H12N2O. The lowest BCUT2D eigenvalue weighted by molar-refractivity contribution is -0.120. The number of rotatable bonds is 1. The van der Waals surface area contributed by atoms with Gasteiger partial charge in [-0.3, -0.25) is 4.79 Å². The molecule has 2 rings (SSSR count). The van der Waals surface area contributed by atoms with E-state index in [0.717, 1.165) is 18.5 Å². The average Bonchev–Trinajstić information content (AvgIpc) is 2.47. The maximum atomic E-state index is 11.0. The van der Waals surface area contributed by atoms with Crippen LogP contribution >= 0.6 is 0 Å². The Morgan fingerprint density at radius 3 is 3.25 bits per heavy atom. The zero-order chi connectivity index (χ0) is 8.55. The summed E-state index contributed by atoms with van der Waals surface area (Å²) in [5, 5.41) is 3.18. The van der Waals surface area contributed by atoms with E-state index in [9.17, 15) is 4.79 Å². The first-order valence-electron chi connectivity index (χ1n) is 4.22. The van der Waals surface area contributed by atoms with Gasteiger partial charge in [0.15, 0.2) is 0 Å². The molecule has 1 heterocycles. The molecule has 0 fully saturated rings. The molecule has 0 spiro atoms. The molecule has 0 aromatic heterocycles. The molecule has 0 aromatic carbocycles. The Bertz CT molecular complexity index is 278. The van der Waals surface area contributed by atoms with Gasteiger partial charge < -0.3 is 11.1 Å². The summed E-state index contributed by atoms with van der Waals surface area (Å²) in [5.41, 5.74) is 7.58. The van der Waals surface area contributed by atoms with E-state index in [1.165, 1.54) is 5.57 Å². The summed E-state index contributed by atoms with van der Waals surface area (Å²) < 4.78 is 0. The van der Waals surface area contributed by atoms with Gasteiger partial charge in [-0.2, -0.15) is 0 Å². The summed E-state index contributed by atoms with van der Waals surface area (Å²) in [6, 6.07) is 0. The summed E-state index contributed by atoms with van der Waals surface area (Å²) in [4.78, 5) is 11.0. The number of primary amides is 1. The van der Waals surface area contributed by atoms with Gasteiger partial charge in [-0.25, -0.2) is 0 Å². The second-order valence-corrected chi connectivity index (χ2v) is 3.22. The summed E-state index contributed by atoms with van der Waals surface area (Å²) >= 11 is 0. The molecule has 0 saturated heterocycles. The smallest absolute Gasteiger partial charge is 0.226 e. The molecule has 0 aromatic rings. The molecule has 3 nitrogen and oxygen atoms in total. The van der Waals surface area contributed by atoms with Crippen molar-refractivity contribution in [2.24, 2.45) is 11.7 Å². The van der Waals surface area contributed by atoms with E-state index in [-0.39, 0.29) is 11.8 Å². The molecule has 64 valence electrons. The van der Waals surface area contributed by atoms with E-state index in [0.29, 0.717) is 6.54 Å². The highest BCUT2D eigenvalue weighted by molar-refractivity contribution is 5.81. The van der Waals surface area contributed by atoms with Gasteiger partial charge in [-0.1, -0.05) is 6.08 Å². The molecular weight excluding hydrogens is 152 g/mol. The van der Waals surface area contributed by atoms with Crippen LogP contribution < -0.4 is 11.1 Å². The number of allylic oxidation sites excluding steroid dienone is 2. The molecule has 3 heteroatoms. The Morgan fingerprint density at radius 2 is 2.50 bits per heavy atom. The van der Waals surface area contributed by atoms with Crippen LogP contribution in [0.5, 0.6) is 0 Å². The Kier molecular flexibility index (Phi) is 1.64. The van der Waals surface area contributed by atoms with Crippen LogP contribution in [0.1, 0.15) is 12.8 Å². The number of nitrogens with two attached hydrogens (primary N) is 1. The van der Waals surface area contributed by atoms with Crippen LogP contribution in [0.15, 0.2) is 23.4 Å². The van der Waals surface area contributed by atoms with Crippen LogP contribution in [-0.2, 0) is 4.79 Å². The molecule has 1 aliphatic heterocycles. The lowest BCUT2D eigenvalue weighted by Gasteiger charge is -2.11. The van der Waals surface area contributed by atoms with E-state index < -0.39 is 0 Å². The average molecular weight is 164 g/mol. The third-order valence-corrected chi connectivity index (χ3v) is 2.47. The first kappa shape index (κ1) is 7.40. The van der Waals surface area contributed by atoms with E-state index in [4.69, 9.17) is 5.73 Å². The van der Waals surface area contributed by atoms with Crippen LogP contribution in [-0.4, -0.2) is 12.5 Å². The zero-order valence-electron chi connectivity index (χ0n) is 6.84. The zero-order valence-corrected chi connectivity index (χ0v) is 6.84. The monoisotopic (exact) mass is 164 g/mol. The Morgan fingerprint density at radius 1 is 1.67 bits per heavy atom. The number of amides is 1.